The van der Waals surface area contributed by atoms with Crippen LogP contribution in [0.15, 0.2) is 121 Å². The summed E-state index contributed by atoms with van der Waals surface area (Å²) in [5.41, 5.74) is 1.39. The van der Waals surface area contributed by atoms with Crippen molar-refractivity contribution in [2.75, 3.05) is 0 Å². The molecule has 0 radical (unpaired) electrons. The average molecular weight is 482 g/mol. The van der Waals surface area contributed by atoms with Crippen LogP contribution in [0.3, 0.4) is 0 Å². The Morgan fingerprint density at radius 3 is 1.15 bits per heavy atom. The third-order valence-corrected chi connectivity index (χ3v) is 21.2. The molecule has 0 heterocycles. The first-order valence-electron chi connectivity index (χ1n) is 9.06. The van der Waals surface area contributed by atoms with E-state index in [0.29, 0.717) is 0 Å². The van der Waals surface area contributed by atoms with Crippen LogP contribution in [0, 0.1) is 0 Å². The van der Waals surface area contributed by atoms with Gasteiger partial charge in [0.1, 0.15) is 0 Å². The predicted molar refractivity (Wildman–Crippen MR) is 122 cm³/mol. The number of benzene rings is 4. The molecule has 0 bridgehead atoms. The summed E-state index contributed by atoms with van der Waals surface area (Å²) in [6, 6.07) is 44.3. The molecule has 0 saturated heterocycles. The van der Waals surface area contributed by atoms with Crippen LogP contribution in [0.1, 0.15) is 5.56 Å². The molecule has 0 saturated carbocycles. The Bertz CT molecular complexity index is 857. The van der Waals surface area contributed by atoms with Crippen molar-refractivity contribution >= 4 is 36.6 Å². The molecule has 134 valence electrons. The summed E-state index contributed by atoms with van der Waals surface area (Å²) in [5.74, 6) is 1.03. The van der Waals surface area contributed by atoms with Crippen LogP contribution in [0.5, 0.6) is 0 Å². The molecule has 2 heteroatoms. The third kappa shape index (κ3) is 3.99. The van der Waals surface area contributed by atoms with Crippen molar-refractivity contribution in [2.45, 2.75) is 5.75 Å². The molecule has 0 aliphatic carbocycles. The van der Waals surface area contributed by atoms with Crippen LogP contribution in [-0.2, 0) is 5.75 Å². The van der Waals surface area contributed by atoms with Crippen molar-refractivity contribution in [3.05, 3.63) is 127 Å². The molecule has 0 spiro atoms. The van der Waals surface area contributed by atoms with Gasteiger partial charge >= 0.3 is 169 Å². The molecule has 4 aromatic carbocycles. The Balaban J connectivity index is 1.89. The van der Waals surface area contributed by atoms with Crippen LogP contribution in [0.4, 0.5) is 0 Å². The Morgan fingerprint density at radius 2 is 0.778 bits per heavy atom. The van der Waals surface area contributed by atoms with Gasteiger partial charge in [0.05, 0.1) is 0 Å². The van der Waals surface area contributed by atoms with E-state index in [9.17, 15) is 0 Å². The summed E-state index contributed by atoms with van der Waals surface area (Å²) in [6.45, 7) is 0. The van der Waals surface area contributed by atoms with Crippen LogP contribution in [-0.4, -0.2) is 16.8 Å². The van der Waals surface area contributed by atoms with E-state index in [0.717, 1.165) is 5.75 Å². The molecule has 0 aromatic heterocycles. The Hall–Kier alpha value is -1.98. The average Bonchev–Trinajstić information content (AvgIpc) is 2.77. The standard InChI is InChI=1S/C25H22STe/c1-5-13-22(14-6-1)21-26-27(23-15-7-2-8-16-23,24-17-9-3-10-18-24)25-19-11-4-12-20-25/h1-20H,21H2. The van der Waals surface area contributed by atoms with Gasteiger partial charge in [0.15, 0.2) is 0 Å². The zero-order valence-corrected chi connectivity index (χ0v) is 18.2. The fourth-order valence-corrected chi connectivity index (χ4v) is 19.5. The van der Waals surface area contributed by atoms with E-state index in [1.165, 1.54) is 16.4 Å². The Kier molecular flexibility index (Phi) is 6.00. The van der Waals surface area contributed by atoms with Crippen LogP contribution < -0.4 is 10.8 Å². The monoisotopic (exact) mass is 484 g/mol. The zero-order chi connectivity index (χ0) is 18.4. The van der Waals surface area contributed by atoms with Gasteiger partial charge in [-0.1, -0.05) is 0 Å². The topological polar surface area (TPSA) is 0 Å². The molecule has 4 aromatic rings. The predicted octanol–water partition coefficient (Wildman–Crippen LogP) is 4.59. The molecule has 0 nitrogen and oxygen atoms in total. The van der Waals surface area contributed by atoms with Crippen molar-refractivity contribution < 1.29 is 0 Å². The Morgan fingerprint density at radius 1 is 0.444 bits per heavy atom. The van der Waals surface area contributed by atoms with E-state index in [4.69, 9.17) is 0 Å². The molecule has 0 atom stereocenters. The Labute approximate surface area is 168 Å². The molecule has 0 unspecified atom stereocenters. The second-order valence-corrected chi connectivity index (χ2v) is 19.4. The van der Waals surface area contributed by atoms with Gasteiger partial charge in [0.25, 0.3) is 0 Å². The van der Waals surface area contributed by atoms with Crippen LogP contribution in [0.2, 0.25) is 0 Å². The molecular weight excluding hydrogens is 460 g/mol. The normalized spacial score (nSPS) is 11.9. The summed E-state index contributed by atoms with van der Waals surface area (Å²) in [7, 11) is 2.17. The second kappa shape index (κ2) is 8.81. The SMILES string of the molecule is c1ccc(CS[Te](c2ccccc2)(c2ccccc2)c2ccccc2)cc1. The van der Waals surface area contributed by atoms with Gasteiger partial charge in [-0.25, -0.2) is 0 Å². The number of hydrogen-bond acceptors (Lipinski definition) is 1. The van der Waals surface area contributed by atoms with Gasteiger partial charge in [-0.2, -0.15) is 0 Å². The second-order valence-electron chi connectivity index (χ2n) is 6.24. The van der Waals surface area contributed by atoms with Crippen LogP contribution >= 0.6 is 8.99 Å². The van der Waals surface area contributed by atoms with Crippen molar-refractivity contribution in [3.63, 3.8) is 0 Å². The minimum atomic E-state index is -2.90. The molecule has 0 aliphatic heterocycles. The number of rotatable bonds is 6. The minimum absolute atomic E-state index is 1.03. The van der Waals surface area contributed by atoms with Gasteiger partial charge in [-0.05, 0) is 0 Å². The summed E-state index contributed by atoms with van der Waals surface area (Å²) >= 11 is -2.90. The van der Waals surface area contributed by atoms with E-state index >= 15 is 0 Å². The van der Waals surface area contributed by atoms with E-state index in [1.807, 2.05) is 0 Å². The van der Waals surface area contributed by atoms with Gasteiger partial charge in [-0.3, -0.25) is 0 Å². The zero-order valence-electron chi connectivity index (χ0n) is 15.1. The summed E-state index contributed by atoms with van der Waals surface area (Å²) in [4.78, 5) is 0. The van der Waals surface area contributed by atoms with Gasteiger partial charge in [-0.15, -0.1) is 0 Å². The van der Waals surface area contributed by atoms with Crippen molar-refractivity contribution in [1.29, 1.82) is 0 Å². The maximum absolute atomic E-state index is 2.90. The van der Waals surface area contributed by atoms with Crippen molar-refractivity contribution in [2.24, 2.45) is 0 Å². The molecule has 0 N–H and O–H groups in total. The number of hydrogen-bond donors (Lipinski definition) is 0. The fourth-order valence-electron chi connectivity index (χ4n) is 3.18. The van der Waals surface area contributed by atoms with Crippen molar-refractivity contribution in [3.8, 4) is 0 Å². The molecule has 27 heavy (non-hydrogen) atoms. The summed E-state index contributed by atoms with van der Waals surface area (Å²) in [5, 5.41) is 0. The van der Waals surface area contributed by atoms with Crippen molar-refractivity contribution in [1.82, 2.24) is 0 Å². The molecule has 4 rings (SSSR count). The molecular formula is C25H22STe. The molecule has 0 aliphatic rings. The first kappa shape index (κ1) is 18.4. The fraction of sp³-hybridized carbons (Fsp3) is 0.0400. The van der Waals surface area contributed by atoms with E-state index in [1.54, 1.807) is 0 Å². The van der Waals surface area contributed by atoms with E-state index in [-0.39, 0.29) is 0 Å². The third-order valence-electron chi connectivity index (χ3n) is 4.47. The quantitative estimate of drug-likeness (QED) is 0.363. The first-order chi connectivity index (χ1) is 13.4. The molecule has 0 fully saturated rings. The van der Waals surface area contributed by atoms with Gasteiger partial charge in [0.2, 0.25) is 0 Å². The summed E-state index contributed by atoms with van der Waals surface area (Å²) < 4.78 is 4.50. The summed E-state index contributed by atoms with van der Waals surface area (Å²) in [6.07, 6.45) is 0. The van der Waals surface area contributed by atoms with E-state index < -0.39 is 16.8 Å². The maximum atomic E-state index is 2.33. The van der Waals surface area contributed by atoms with Gasteiger partial charge in [0, 0.05) is 0 Å². The van der Waals surface area contributed by atoms with E-state index in [2.05, 4.69) is 130 Å². The van der Waals surface area contributed by atoms with Gasteiger partial charge < -0.3 is 0 Å². The first-order valence-corrected chi connectivity index (χ1v) is 16.3. The molecule has 0 amide bonds. The van der Waals surface area contributed by atoms with Crippen LogP contribution in [0.25, 0.3) is 0 Å².